The third kappa shape index (κ3) is 2.19. The van der Waals surface area contributed by atoms with Crippen LogP contribution in [0, 0.1) is 0 Å². The number of nitrogens with zero attached hydrogens (tertiary/aromatic N) is 1. The fourth-order valence-electron chi connectivity index (χ4n) is 2.87. The largest absolute Gasteiger partial charge is 0.271 e. The highest BCUT2D eigenvalue weighted by atomic mass is 32.1. The third-order valence-electron chi connectivity index (χ3n) is 3.76. The van der Waals surface area contributed by atoms with Gasteiger partial charge in [-0.15, -0.1) is 11.3 Å². The minimum absolute atomic E-state index is 0.278. The number of hydrogen-bond acceptors (Lipinski definition) is 4. The number of rotatable bonds is 4. The molecule has 3 N–H and O–H groups in total. The van der Waals surface area contributed by atoms with Crippen molar-refractivity contribution in [2.45, 2.75) is 31.2 Å². The van der Waals surface area contributed by atoms with Crippen LogP contribution in [-0.2, 0) is 12.8 Å². The molecule has 1 heterocycles. The van der Waals surface area contributed by atoms with Gasteiger partial charge in [-0.2, -0.15) is 0 Å². The van der Waals surface area contributed by atoms with Gasteiger partial charge in [0.05, 0.1) is 5.01 Å². The molecule has 0 aliphatic heterocycles. The van der Waals surface area contributed by atoms with Crippen LogP contribution in [0.15, 0.2) is 35.8 Å². The predicted molar refractivity (Wildman–Crippen MR) is 74.4 cm³/mol. The summed E-state index contributed by atoms with van der Waals surface area (Å²) in [4.78, 5) is 4.35. The van der Waals surface area contributed by atoms with Crippen LogP contribution in [0.25, 0.3) is 0 Å². The van der Waals surface area contributed by atoms with E-state index >= 15 is 0 Å². The molecule has 4 heteroatoms. The Kier molecular flexibility index (Phi) is 3.41. The molecule has 0 saturated heterocycles. The Balaban J connectivity index is 1.81. The van der Waals surface area contributed by atoms with E-state index in [1.807, 2.05) is 11.6 Å². The van der Waals surface area contributed by atoms with Gasteiger partial charge in [-0.05, 0) is 24.0 Å². The van der Waals surface area contributed by atoms with Crippen molar-refractivity contribution in [3.63, 3.8) is 0 Å². The lowest BCUT2D eigenvalue weighted by atomic mass is 9.91. The van der Waals surface area contributed by atoms with Crippen molar-refractivity contribution >= 4 is 11.3 Å². The van der Waals surface area contributed by atoms with Gasteiger partial charge in [0.1, 0.15) is 0 Å². The van der Waals surface area contributed by atoms with Gasteiger partial charge in [-0.1, -0.05) is 24.3 Å². The molecule has 0 radical (unpaired) electrons. The molecule has 3 nitrogen and oxygen atoms in total. The number of aromatic nitrogens is 1. The Morgan fingerprint density at radius 2 is 2.33 bits per heavy atom. The third-order valence-corrected chi connectivity index (χ3v) is 4.56. The van der Waals surface area contributed by atoms with Crippen LogP contribution in [0.3, 0.4) is 0 Å². The first-order valence-electron chi connectivity index (χ1n) is 6.31. The molecule has 94 valence electrons. The fourth-order valence-corrected chi connectivity index (χ4v) is 3.54. The quantitative estimate of drug-likeness (QED) is 0.654. The minimum atomic E-state index is 0.278. The summed E-state index contributed by atoms with van der Waals surface area (Å²) in [5.74, 6) is 6.26. The van der Waals surface area contributed by atoms with Gasteiger partial charge >= 0.3 is 0 Å². The average Bonchev–Trinajstić information content (AvgIpc) is 3.05. The van der Waals surface area contributed by atoms with Gasteiger partial charge in [0, 0.05) is 30.0 Å². The molecule has 0 amide bonds. The summed E-state index contributed by atoms with van der Waals surface area (Å²) in [6, 6.07) is 8.98. The van der Waals surface area contributed by atoms with Gasteiger partial charge in [0.25, 0.3) is 0 Å². The van der Waals surface area contributed by atoms with E-state index in [4.69, 9.17) is 5.84 Å². The van der Waals surface area contributed by atoms with E-state index in [9.17, 15) is 0 Å². The molecular formula is C14H17N3S. The second-order valence-corrected chi connectivity index (χ2v) is 5.73. The maximum Gasteiger partial charge on any atom is 0.0941 e. The number of nitrogens with one attached hydrogen (secondary N) is 1. The van der Waals surface area contributed by atoms with Crippen molar-refractivity contribution in [2.75, 3.05) is 0 Å². The normalized spacial score (nSPS) is 19.7. The Bertz CT molecular complexity index is 510. The first kappa shape index (κ1) is 11.8. The average molecular weight is 259 g/mol. The summed E-state index contributed by atoms with van der Waals surface area (Å²) in [7, 11) is 0. The molecule has 2 unspecified atom stereocenters. The summed E-state index contributed by atoms with van der Waals surface area (Å²) in [5.41, 5.74) is 5.92. The smallest absolute Gasteiger partial charge is 0.0941 e. The Labute approximate surface area is 111 Å². The lowest BCUT2D eigenvalue weighted by molar-refractivity contribution is 0.434. The zero-order valence-electron chi connectivity index (χ0n) is 10.2. The summed E-state index contributed by atoms with van der Waals surface area (Å²) >= 11 is 1.70. The maximum atomic E-state index is 5.75. The molecule has 3 rings (SSSR count). The van der Waals surface area contributed by atoms with Gasteiger partial charge in [0.15, 0.2) is 0 Å². The van der Waals surface area contributed by atoms with Gasteiger partial charge in [-0.25, -0.2) is 4.98 Å². The molecule has 1 aliphatic rings. The highest BCUT2D eigenvalue weighted by Crippen LogP contribution is 2.36. The molecule has 0 spiro atoms. The standard InChI is InChI=1S/C14H17N3S/c15-17-13(9-14-16-7-8-18-14)12-6-5-10-3-1-2-4-11(10)12/h1-4,7-8,12-13,17H,5-6,9,15H2. The first-order valence-corrected chi connectivity index (χ1v) is 7.18. The Morgan fingerprint density at radius 1 is 1.44 bits per heavy atom. The van der Waals surface area contributed by atoms with E-state index in [0.29, 0.717) is 5.92 Å². The minimum Gasteiger partial charge on any atom is -0.271 e. The van der Waals surface area contributed by atoms with E-state index < -0.39 is 0 Å². The number of hydrazine groups is 1. The monoisotopic (exact) mass is 259 g/mol. The SMILES string of the molecule is NNC(Cc1nccs1)C1CCc2ccccc21. The van der Waals surface area contributed by atoms with Crippen LogP contribution in [-0.4, -0.2) is 11.0 Å². The zero-order valence-corrected chi connectivity index (χ0v) is 11.0. The zero-order chi connectivity index (χ0) is 12.4. The molecule has 1 aliphatic carbocycles. The van der Waals surface area contributed by atoms with Gasteiger partial charge in [-0.3, -0.25) is 11.3 Å². The van der Waals surface area contributed by atoms with Crippen LogP contribution in [0.4, 0.5) is 0 Å². The predicted octanol–water partition coefficient (Wildman–Crippen LogP) is 2.25. The van der Waals surface area contributed by atoms with E-state index in [0.717, 1.165) is 17.8 Å². The van der Waals surface area contributed by atoms with Crippen molar-refractivity contribution < 1.29 is 0 Å². The Hall–Kier alpha value is -1.23. The summed E-state index contributed by atoms with van der Waals surface area (Å²) < 4.78 is 0. The maximum absolute atomic E-state index is 5.75. The molecule has 0 fully saturated rings. The number of aryl methyl sites for hydroxylation is 1. The molecule has 2 atom stereocenters. The van der Waals surface area contributed by atoms with Crippen LogP contribution in [0.1, 0.15) is 28.5 Å². The number of thiazole rings is 1. The molecule has 1 aromatic carbocycles. The molecule has 18 heavy (non-hydrogen) atoms. The number of hydrogen-bond donors (Lipinski definition) is 2. The highest BCUT2D eigenvalue weighted by molar-refractivity contribution is 7.09. The highest BCUT2D eigenvalue weighted by Gasteiger charge is 2.29. The number of benzene rings is 1. The summed E-state index contributed by atoms with van der Waals surface area (Å²) in [6.45, 7) is 0. The molecular weight excluding hydrogens is 242 g/mol. The second kappa shape index (κ2) is 5.18. The van der Waals surface area contributed by atoms with Crippen molar-refractivity contribution in [1.82, 2.24) is 10.4 Å². The second-order valence-electron chi connectivity index (χ2n) is 4.75. The lowest BCUT2D eigenvalue weighted by Crippen LogP contribution is -2.40. The molecule has 0 saturated carbocycles. The van der Waals surface area contributed by atoms with Crippen LogP contribution in [0.5, 0.6) is 0 Å². The fraction of sp³-hybridized carbons (Fsp3) is 0.357. The van der Waals surface area contributed by atoms with E-state index in [-0.39, 0.29) is 6.04 Å². The van der Waals surface area contributed by atoms with E-state index in [1.54, 1.807) is 11.3 Å². The van der Waals surface area contributed by atoms with Crippen molar-refractivity contribution in [1.29, 1.82) is 0 Å². The topological polar surface area (TPSA) is 50.9 Å². The first-order chi connectivity index (χ1) is 8.88. The number of nitrogens with two attached hydrogens (primary N) is 1. The van der Waals surface area contributed by atoms with Crippen molar-refractivity contribution in [3.8, 4) is 0 Å². The van der Waals surface area contributed by atoms with Crippen LogP contribution < -0.4 is 11.3 Å². The lowest BCUT2D eigenvalue weighted by Gasteiger charge is -2.22. The summed E-state index contributed by atoms with van der Waals surface area (Å²) in [5, 5.41) is 3.17. The molecule has 1 aromatic heterocycles. The van der Waals surface area contributed by atoms with Crippen molar-refractivity contribution in [2.24, 2.45) is 5.84 Å². The molecule has 0 bridgehead atoms. The van der Waals surface area contributed by atoms with Crippen LogP contribution in [0.2, 0.25) is 0 Å². The Morgan fingerprint density at radius 3 is 3.11 bits per heavy atom. The van der Waals surface area contributed by atoms with Gasteiger partial charge < -0.3 is 0 Å². The van der Waals surface area contributed by atoms with E-state index in [2.05, 4.69) is 34.7 Å². The molecule has 2 aromatic rings. The summed E-state index contributed by atoms with van der Waals surface area (Å²) in [6.07, 6.45) is 5.11. The van der Waals surface area contributed by atoms with E-state index in [1.165, 1.54) is 17.5 Å². The van der Waals surface area contributed by atoms with Crippen molar-refractivity contribution in [3.05, 3.63) is 52.0 Å². The van der Waals surface area contributed by atoms with Crippen LogP contribution >= 0.6 is 11.3 Å². The van der Waals surface area contributed by atoms with Gasteiger partial charge in [0.2, 0.25) is 0 Å². The number of fused-ring (bicyclic) bond motifs is 1.